The van der Waals surface area contributed by atoms with Crippen molar-refractivity contribution in [1.82, 2.24) is 0 Å². The van der Waals surface area contributed by atoms with E-state index in [0.717, 1.165) is 6.67 Å². The van der Waals surface area contributed by atoms with Crippen LogP contribution in [0, 0.1) is 0 Å². The summed E-state index contributed by atoms with van der Waals surface area (Å²) in [5.74, 6) is 0. The van der Waals surface area contributed by atoms with E-state index < -0.39 is 0 Å². The Bertz CT molecular complexity index is 1350. The first-order valence-electron chi connectivity index (χ1n) is 12.5. The molecule has 2 heteroatoms. The maximum absolute atomic E-state index is 2.46. The molecule has 0 aromatic heterocycles. The molecule has 0 bridgehead atoms. The number of anilines is 1. The molecule has 0 atom stereocenters. The van der Waals surface area contributed by atoms with E-state index in [0.29, 0.717) is 0 Å². The first kappa shape index (κ1) is 23.1. The van der Waals surface area contributed by atoms with Gasteiger partial charge in [-0.25, -0.2) is 0 Å². The molecule has 176 valence electrons. The number of hydrogen-bond acceptors (Lipinski definition) is 1. The minimum absolute atomic E-state index is 0.126. The zero-order valence-corrected chi connectivity index (χ0v) is 21.5. The van der Waals surface area contributed by atoms with Crippen LogP contribution < -0.4 is 4.90 Å². The first-order valence-corrected chi connectivity index (χ1v) is 12.5. The van der Waals surface area contributed by atoms with Crippen molar-refractivity contribution < 1.29 is 4.58 Å². The molecule has 0 saturated heterocycles. The number of rotatable bonds is 5. The molecule has 4 aromatic rings. The van der Waals surface area contributed by atoms with E-state index in [1.807, 2.05) is 0 Å². The van der Waals surface area contributed by atoms with Crippen LogP contribution in [0.4, 0.5) is 11.4 Å². The Morgan fingerprint density at radius 1 is 0.629 bits per heavy atom. The van der Waals surface area contributed by atoms with E-state index in [1.165, 1.54) is 39.2 Å². The summed E-state index contributed by atoms with van der Waals surface area (Å²) in [6.45, 7) is 10.2. The Morgan fingerprint density at radius 3 is 1.71 bits per heavy atom. The van der Waals surface area contributed by atoms with E-state index in [2.05, 4.69) is 154 Å². The molecule has 4 aromatic carbocycles. The molecule has 1 heterocycles. The maximum atomic E-state index is 2.46. The quantitative estimate of drug-likeness (QED) is 0.280. The average Bonchev–Trinajstić information content (AvgIpc) is 2.89. The lowest BCUT2D eigenvalue weighted by atomic mass is 9.71. The summed E-state index contributed by atoms with van der Waals surface area (Å²) in [4.78, 5) is 2.40. The Kier molecular flexibility index (Phi) is 5.84. The van der Waals surface area contributed by atoms with Crippen LogP contribution in [0.1, 0.15) is 55.5 Å². The summed E-state index contributed by atoms with van der Waals surface area (Å²) < 4.78 is 2.35. The Balaban J connectivity index is 1.76. The number of hydrogen-bond donors (Lipinski definition) is 0. The summed E-state index contributed by atoms with van der Waals surface area (Å²) in [6.07, 6.45) is 2.33. The van der Waals surface area contributed by atoms with Gasteiger partial charge < -0.3 is 4.90 Å². The molecule has 1 aliphatic heterocycles. The van der Waals surface area contributed by atoms with Gasteiger partial charge in [-0.15, -0.1) is 0 Å². The third-order valence-electron chi connectivity index (χ3n) is 7.65. The predicted octanol–water partition coefficient (Wildman–Crippen LogP) is 7.51. The van der Waals surface area contributed by atoms with Crippen LogP contribution in [-0.4, -0.2) is 24.5 Å². The van der Waals surface area contributed by atoms with Crippen molar-refractivity contribution in [2.75, 3.05) is 18.6 Å². The molecule has 0 amide bonds. The summed E-state index contributed by atoms with van der Waals surface area (Å²) in [5, 5.41) is 0. The monoisotopic (exact) mass is 459 g/mol. The summed E-state index contributed by atoms with van der Waals surface area (Å²) in [6, 6.07) is 37.3. The topological polar surface area (TPSA) is 6.25 Å². The molecule has 0 radical (unpaired) electrons. The van der Waals surface area contributed by atoms with Gasteiger partial charge in [0.2, 0.25) is 12.4 Å². The van der Waals surface area contributed by atoms with Crippen molar-refractivity contribution in [3.63, 3.8) is 0 Å². The van der Waals surface area contributed by atoms with Crippen LogP contribution in [0.25, 0.3) is 0 Å². The van der Waals surface area contributed by atoms with Gasteiger partial charge in [-0.05, 0) is 28.3 Å². The summed E-state index contributed by atoms with van der Waals surface area (Å²) in [7, 11) is 2.22. The maximum Gasteiger partial charge on any atom is 0.224 e. The van der Waals surface area contributed by atoms with Crippen LogP contribution in [0.5, 0.6) is 0 Å². The van der Waals surface area contributed by atoms with E-state index in [1.54, 1.807) is 0 Å². The number of fused-ring (bicyclic) bond motifs is 1. The fourth-order valence-electron chi connectivity index (χ4n) is 5.33. The highest BCUT2D eigenvalue weighted by atomic mass is 15.3. The van der Waals surface area contributed by atoms with Gasteiger partial charge in [0.1, 0.15) is 0 Å². The number of benzene rings is 4. The Morgan fingerprint density at radius 2 is 1.14 bits per heavy atom. The Hall–Kier alpha value is -3.65. The van der Waals surface area contributed by atoms with Crippen molar-refractivity contribution in [2.45, 2.75) is 38.5 Å². The van der Waals surface area contributed by atoms with Crippen molar-refractivity contribution in [3.05, 3.63) is 131 Å². The smallest absolute Gasteiger partial charge is 0.224 e. The number of nitrogens with zero attached hydrogens (tertiary/aromatic N) is 2. The third-order valence-corrected chi connectivity index (χ3v) is 7.65. The van der Waals surface area contributed by atoms with E-state index in [9.17, 15) is 0 Å². The standard InChI is InChI=1S/C33H35N2/c1-32(2,26-15-9-6-10-16-26)28-21-25-23-35(29-19-13-8-14-20-29)24-34(5)31(25)30(22-28)33(3,4)27-17-11-7-12-18-27/h6-23H,24H2,1-5H3/q+1. The van der Waals surface area contributed by atoms with Crippen LogP contribution in [0.15, 0.2) is 103 Å². The summed E-state index contributed by atoms with van der Waals surface area (Å²) in [5.41, 5.74) is 8.88. The second-order valence-electron chi connectivity index (χ2n) is 10.7. The molecule has 0 unspecified atom stereocenters. The van der Waals surface area contributed by atoms with Gasteiger partial charge in [-0.1, -0.05) is 113 Å². The Labute approximate surface area is 210 Å². The number of para-hydroxylation sites is 1. The fraction of sp³-hybridized carbons (Fsp3) is 0.242. The molecule has 2 nitrogen and oxygen atoms in total. The van der Waals surface area contributed by atoms with Crippen LogP contribution >= 0.6 is 0 Å². The van der Waals surface area contributed by atoms with Crippen LogP contribution in [-0.2, 0) is 10.8 Å². The van der Waals surface area contributed by atoms with Gasteiger partial charge in [-0.3, -0.25) is 0 Å². The van der Waals surface area contributed by atoms with Gasteiger partial charge in [0.15, 0.2) is 6.21 Å². The largest absolute Gasteiger partial charge is 0.319 e. The molecular formula is C33H35N2+. The SMILES string of the molecule is CN1C[N+](c2ccccc2)=Cc2cc(C(C)(C)c3ccccc3)cc(C(C)(C)c3ccccc3)c21. The van der Waals surface area contributed by atoms with Crippen molar-refractivity contribution in [3.8, 4) is 0 Å². The molecule has 5 rings (SSSR count). The highest BCUT2D eigenvalue weighted by Crippen LogP contribution is 2.44. The van der Waals surface area contributed by atoms with Gasteiger partial charge in [0.25, 0.3) is 0 Å². The lowest BCUT2D eigenvalue weighted by molar-refractivity contribution is -0.435. The molecule has 0 aliphatic carbocycles. The molecule has 35 heavy (non-hydrogen) atoms. The van der Waals surface area contributed by atoms with Crippen LogP contribution in [0.3, 0.4) is 0 Å². The minimum Gasteiger partial charge on any atom is -0.319 e. The van der Waals surface area contributed by atoms with E-state index in [4.69, 9.17) is 0 Å². The highest BCUT2D eigenvalue weighted by Gasteiger charge is 2.35. The first-order chi connectivity index (χ1) is 16.8. The third kappa shape index (κ3) is 4.18. The van der Waals surface area contributed by atoms with Gasteiger partial charge in [0, 0.05) is 30.0 Å². The molecule has 0 spiro atoms. The zero-order valence-electron chi connectivity index (χ0n) is 21.5. The van der Waals surface area contributed by atoms with Gasteiger partial charge in [-0.2, -0.15) is 4.58 Å². The second kappa shape index (κ2) is 8.85. The van der Waals surface area contributed by atoms with Crippen molar-refractivity contribution in [2.24, 2.45) is 0 Å². The van der Waals surface area contributed by atoms with Crippen LogP contribution in [0.2, 0.25) is 0 Å². The van der Waals surface area contributed by atoms with Gasteiger partial charge in [0.05, 0.1) is 11.3 Å². The summed E-state index contributed by atoms with van der Waals surface area (Å²) >= 11 is 0. The van der Waals surface area contributed by atoms with E-state index in [-0.39, 0.29) is 10.8 Å². The second-order valence-corrected chi connectivity index (χ2v) is 10.7. The molecule has 0 fully saturated rings. The highest BCUT2D eigenvalue weighted by molar-refractivity contribution is 5.90. The lowest BCUT2D eigenvalue weighted by Gasteiger charge is -2.36. The average molecular weight is 460 g/mol. The molecular weight excluding hydrogens is 424 g/mol. The molecule has 1 aliphatic rings. The normalized spacial score (nSPS) is 13.9. The van der Waals surface area contributed by atoms with Gasteiger partial charge >= 0.3 is 0 Å². The van der Waals surface area contributed by atoms with Crippen molar-refractivity contribution >= 4 is 17.6 Å². The zero-order chi connectivity index (χ0) is 24.6. The molecule has 0 saturated carbocycles. The van der Waals surface area contributed by atoms with E-state index >= 15 is 0 Å². The van der Waals surface area contributed by atoms with Crippen molar-refractivity contribution in [1.29, 1.82) is 0 Å². The predicted molar refractivity (Wildman–Crippen MR) is 148 cm³/mol. The minimum atomic E-state index is -0.148. The lowest BCUT2D eigenvalue weighted by Crippen LogP contribution is -2.36. The molecule has 0 N–H and O–H groups in total. The fourth-order valence-corrected chi connectivity index (χ4v) is 5.33.